The van der Waals surface area contributed by atoms with Crippen molar-refractivity contribution >= 4 is 27.3 Å². The summed E-state index contributed by atoms with van der Waals surface area (Å²) in [5, 5.41) is 1.04. The molecule has 0 fully saturated rings. The average Bonchev–Trinajstić information content (AvgIpc) is 2.68. The maximum atomic E-state index is 5.57. The van der Waals surface area contributed by atoms with Crippen LogP contribution in [0.2, 0.25) is 0 Å². The van der Waals surface area contributed by atoms with Crippen LogP contribution in [-0.4, -0.2) is 18.2 Å². The Labute approximate surface area is 112 Å². The van der Waals surface area contributed by atoms with Crippen molar-refractivity contribution in [3.05, 3.63) is 27.0 Å². The topological polar surface area (TPSA) is 31.4 Å². The predicted octanol–water partition coefficient (Wildman–Crippen LogP) is 3.65. The molecular formula is C12H10BrNO2S. The molecule has 1 aliphatic heterocycles. The predicted molar refractivity (Wildman–Crippen MR) is 71.0 cm³/mol. The minimum absolute atomic E-state index is 0.605. The monoisotopic (exact) mass is 311 g/mol. The standard InChI is InChI=1S/C12H10BrNO2S/c1-7-14-11(12(13)17-7)8-2-3-9-10(6-8)16-5-4-15-9/h2-3,6H,4-5H2,1H3. The number of ether oxygens (including phenoxy) is 2. The first-order valence-corrected chi connectivity index (χ1v) is 6.88. The first-order valence-electron chi connectivity index (χ1n) is 5.27. The highest BCUT2D eigenvalue weighted by Gasteiger charge is 2.15. The highest BCUT2D eigenvalue weighted by Crippen LogP contribution is 2.38. The molecule has 0 amide bonds. The minimum atomic E-state index is 0.605. The summed E-state index contributed by atoms with van der Waals surface area (Å²) >= 11 is 5.17. The lowest BCUT2D eigenvalue weighted by Crippen LogP contribution is -2.15. The fourth-order valence-corrected chi connectivity index (χ4v) is 3.45. The van der Waals surface area contributed by atoms with Crippen molar-refractivity contribution in [1.29, 1.82) is 0 Å². The van der Waals surface area contributed by atoms with E-state index >= 15 is 0 Å². The quantitative estimate of drug-likeness (QED) is 0.805. The maximum absolute atomic E-state index is 5.57. The maximum Gasteiger partial charge on any atom is 0.162 e. The average molecular weight is 312 g/mol. The highest BCUT2D eigenvalue weighted by atomic mass is 79.9. The van der Waals surface area contributed by atoms with Gasteiger partial charge in [-0.1, -0.05) is 0 Å². The molecule has 2 heterocycles. The minimum Gasteiger partial charge on any atom is -0.486 e. The van der Waals surface area contributed by atoms with Gasteiger partial charge in [-0.2, -0.15) is 0 Å². The Morgan fingerprint density at radius 1 is 1.24 bits per heavy atom. The second-order valence-electron chi connectivity index (χ2n) is 3.71. The van der Waals surface area contributed by atoms with Gasteiger partial charge in [0.15, 0.2) is 11.5 Å². The summed E-state index contributed by atoms with van der Waals surface area (Å²) in [7, 11) is 0. The molecule has 0 atom stereocenters. The number of benzene rings is 1. The van der Waals surface area contributed by atoms with Gasteiger partial charge in [-0.15, -0.1) is 11.3 Å². The van der Waals surface area contributed by atoms with Crippen LogP contribution in [0.15, 0.2) is 22.0 Å². The van der Waals surface area contributed by atoms with Crippen molar-refractivity contribution < 1.29 is 9.47 Å². The van der Waals surface area contributed by atoms with Crippen LogP contribution in [-0.2, 0) is 0 Å². The molecule has 17 heavy (non-hydrogen) atoms. The number of nitrogens with zero attached hydrogens (tertiary/aromatic N) is 1. The Balaban J connectivity index is 2.06. The van der Waals surface area contributed by atoms with Crippen LogP contribution in [0.5, 0.6) is 11.5 Å². The molecule has 0 unspecified atom stereocenters. The van der Waals surface area contributed by atoms with E-state index in [0.717, 1.165) is 31.6 Å². The summed E-state index contributed by atoms with van der Waals surface area (Å²) in [4.78, 5) is 4.50. The molecule has 0 aliphatic carbocycles. The van der Waals surface area contributed by atoms with E-state index in [0.29, 0.717) is 13.2 Å². The third-order valence-corrected chi connectivity index (χ3v) is 4.13. The van der Waals surface area contributed by atoms with E-state index in [1.54, 1.807) is 11.3 Å². The highest BCUT2D eigenvalue weighted by molar-refractivity contribution is 9.11. The molecule has 88 valence electrons. The Hall–Kier alpha value is -1.07. The smallest absolute Gasteiger partial charge is 0.162 e. The van der Waals surface area contributed by atoms with Crippen molar-refractivity contribution in [1.82, 2.24) is 4.98 Å². The number of hydrogen-bond donors (Lipinski definition) is 0. The molecule has 1 aliphatic rings. The van der Waals surface area contributed by atoms with E-state index < -0.39 is 0 Å². The van der Waals surface area contributed by atoms with Crippen LogP contribution in [0, 0.1) is 6.92 Å². The normalized spacial score (nSPS) is 13.8. The van der Waals surface area contributed by atoms with Gasteiger partial charge >= 0.3 is 0 Å². The molecule has 0 saturated heterocycles. The molecule has 1 aromatic carbocycles. The van der Waals surface area contributed by atoms with Crippen LogP contribution >= 0.6 is 27.3 Å². The molecule has 3 rings (SSSR count). The van der Waals surface area contributed by atoms with Crippen molar-refractivity contribution in [2.24, 2.45) is 0 Å². The first-order chi connectivity index (χ1) is 8.24. The zero-order valence-corrected chi connectivity index (χ0v) is 11.6. The lowest BCUT2D eigenvalue weighted by molar-refractivity contribution is 0.171. The summed E-state index contributed by atoms with van der Waals surface area (Å²) < 4.78 is 12.1. The Morgan fingerprint density at radius 3 is 2.71 bits per heavy atom. The Kier molecular flexibility index (Phi) is 2.80. The molecule has 5 heteroatoms. The van der Waals surface area contributed by atoms with E-state index in [4.69, 9.17) is 9.47 Å². The number of rotatable bonds is 1. The zero-order valence-electron chi connectivity index (χ0n) is 9.20. The van der Waals surface area contributed by atoms with Gasteiger partial charge in [-0.25, -0.2) is 4.98 Å². The summed E-state index contributed by atoms with van der Waals surface area (Å²) in [5.41, 5.74) is 2.01. The molecule has 2 aromatic rings. The van der Waals surface area contributed by atoms with Gasteiger partial charge < -0.3 is 9.47 Å². The third kappa shape index (κ3) is 2.05. The lowest BCUT2D eigenvalue weighted by Gasteiger charge is -2.18. The number of halogens is 1. The van der Waals surface area contributed by atoms with Crippen molar-refractivity contribution in [3.63, 3.8) is 0 Å². The van der Waals surface area contributed by atoms with Gasteiger partial charge in [0.05, 0.1) is 14.5 Å². The summed E-state index contributed by atoms with van der Waals surface area (Å²) in [6, 6.07) is 5.92. The summed E-state index contributed by atoms with van der Waals surface area (Å²) in [6.07, 6.45) is 0. The summed E-state index contributed by atoms with van der Waals surface area (Å²) in [5.74, 6) is 1.61. The van der Waals surface area contributed by atoms with E-state index in [2.05, 4.69) is 20.9 Å². The SMILES string of the molecule is Cc1nc(-c2ccc3c(c2)OCCO3)c(Br)s1. The van der Waals surface area contributed by atoms with E-state index in [-0.39, 0.29) is 0 Å². The lowest BCUT2D eigenvalue weighted by atomic mass is 10.1. The van der Waals surface area contributed by atoms with Crippen LogP contribution in [0.3, 0.4) is 0 Å². The number of thiazole rings is 1. The van der Waals surface area contributed by atoms with Crippen LogP contribution in [0.25, 0.3) is 11.3 Å². The largest absolute Gasteiger partial charge is 0.486 e. The fourth-order valence-electron chi connectivity index (χ4n) is 1.77. The Morgan fingerprint density at radius 2 is 2.00 bits per heavy atom. The molecule has 0 bridgehead atoms. The van der Waals surface area contributed by atoms with Gasteiger partial charge in [-0.05, 0) is 41.1 Å². The summed E-state index contributed by atoms with van der Waals surface area (Å²) in [6.45, 7) is 3.22. The van der Waals surface area contributed by atoms with Crippen molar-refractivity contribution in [2.45, 2.75) is 6.92 Å². The third-order valence-electron chi connectivity index (χ3n) is 2.51. The second-order valence-corrected chi connectivity index (χ2v) is 6.23. The van der Waals surface area contributed by atoms with E-state index in [9.17, 15) is 0 Å². The molecule has 0 saturated carbocycles. The first kappa shape index (κ1) is 11.0. The molecule has 3 nitrogen and oxygen atoms in total. The zero-order chi connectivity index (χ0) is 11.8. The van der Waals surface area contributed by atoms with Gasteiger partial charge in [0, 0.05) is 5.56 Å². The molecule has 1 aromatic heterocycles. The number of aromatic nitrogens is 1. The van der Waals surface area contributed by atoms with Crippen molar-refractivity contribution in [3.8, 4) is 22.8 Å². The number of hydrogen-bond acceptors (Lipinski definition) is 4. The van der Waals surface area contributed by atoms with Gasteiger partial charge in [0.1, 0.15) is 13.2 Å². The second kappa shape index (κ2) is 4.31. The van der Waals surface area contributed by atoms with Gasteiger partial charge in [-0.3, -0.25) is 0 Å². The number of aryl methyl sites for hydroxylation is 1. The number of fused-ring (bicyclic) bond motifs is 1. The van der Waals surface area contributed by atoms with Crippen LogP contribution < -0.4 is 9.47 Å². The molecule has 0 spiro atoms. The van der Waals surface area contributed by atoms with E-state index in [1.807, 2.05) is 25.1 Å². The molecular weight excluding hydrogens is 302 g/mol. The van der Waals surface area contributed by atoms with Gasteiger partial charge in [0.25, 0.3) is 0 Å². The van der Waals surface area contributed by atoms with Crippen LogP contribution in [0.1, 0.15) is 5.01 Å². The van der Waals surface area contributed by atoms with Crippen molar-refractivity contribution in [2.75, 3.05) is 13.2 Å². The van der Waals surface area contributed by atoms with E-state index in [1.165, 1.54) is 0 Å². The molecule has 0 radical (unpaired) electrons. The Bertz CT molecular complexity index is 568. The fraction of sp³-hybridized carbons (Fsp3) is 0.250. The van der Waals surface area contributed by atoms with Crippen LogP contribution in [0.4, 0.5) is 0 Å². The molecule has 0 N–H and O–H groups in total. The van der Waals surface area contributed by atoms with Gasteiger partial charge in [0.2, 0.25) is 0 Å².